The van der Waals surface area contributed by atoms with Crippen LogP contribution in [-0.2, 0) is 0 Å². The summed E-state index contributed by atoms with van der Waals surface area (Å²) >= 11 is 0. The van der Waals surface area contributed by atoms with Crippen LogP contribution < -0.4 is 0 Å². The number of para-hydroxylation sites is 2. The SMILES string of the molecule is c1ccc(-c2nc3ccccc3n2-c2ccc(-c3cc4c5ccccc5c5ccccc5c4c4ccccc34)cc2)cc1. The molecule has 1 aromatic heterocycles. The molecule has 9 rings (SSSR count). The van der Waals surface area contributed by atoms with Crippen molar-refractivity contribution in [3.05, 3.63) is 158 Å². The van der Waals surface area contributed by atoms with Gasteiger partial charge >= 0.3 is 0 Å². The zero-order chi connectivity index (χ0) is 28.3. The standard InChI is InChI=1S/C41H26N2/c1-2-12-28(13-3-1)41-42-38-20-10-11-21-39(38)43(41)29-24-22-27(23-25-29)36-26-37-32-16-5-4-14-30(32)31-15-6-8-18-34(31)40(37)35-19-9-7-17-33(35)36/h1-26H. The molecule has 9 aromatic rings. The first kappa shape index (κ1) is 23.9. The van der Waals surface area contributed by atoms with Gasteiger partial charge in [0.15, 0.2) is 0 Å². The zero-order valence-corrected chi connectivity index (χ0v) is 23.4. The minimum atomic E-state index is 0.948. The Hall–Kier alpha value is -5.73. The number of hydrogen-bond donors (Lipinski definition) is 0. The summed E-state index contributed by atoms with van der Waals surface area (Å²) in [5, 5.41) is 10.3. The number of fused-ring (bicyclic) bond motifs is 9. The number of nitrogens with zero attached hydrogens (tertiary/aromatic N) is 2. The maximum atomic E-state index is 5.03. The molecule has 0 N–H and O–H groups in total. The molecule has 43 heavy (non-hydrogen) atoms. The molecule has 0 bridgehead atoms. The highest BCUT2D eigenvalue weighted by molar-refractivity contribution is 6.33. The molecule has 0 atom stereocenters. The highest BCUT2D eigenvalue weighted by Gasteiger charge is 2.17. The van der Waals surface area contributed by atoms with Gasteiger partial charge in [0, 0.05) is 11.3 Å². The molecule has 0 spiro atoms. The van der Waals surface area contributed by atoms with Crippen molar-refractivity contribution in [1.82, 2.24) is 9.55 Å². The molecule has 2 heteroatoms. The Morgan fingerprint density at radius 2 is 0.930 bits per heavy atom. The summed E-state index contributed by atoms with van der Waals surface area (Å²) in [4.78, 5) is 5.03. The average Bonchev–Trinajstić information content (AvgIpc) is 3.48. The van der Waals surface area contributed by atoms with Crippen molar-refractivity contribution in [2.45, 2.75) is 0 Å². The van der Waals surface area contributed by atoms with Gasteiger partial charge in [0.2, 0.25) is 0 Å². The van der Waals surface area contributed by atoms with Crippen LogP contribution in [0.4, 0.5) is 0 Å². The maximum Gasteiger partial charge on any atom is 0.145 e. The second-order valence-electron chi connectivity index (χ2n) is 11.2. The number of hydrogen-bond acceptors (Lipinski definition) is 1. The fourth-order valence-electron chi connectivity index (χ4n) is 6.86. The van der Waals surface area contributed by atoms with Gasteiger partial charge in [0.25, 0.3) is 0 Å². The van der Waals surface area contributed by atoms with Crippen molar-refractivity contribution >= 4 is 54.1 Å². The van der Waals surface area contributed by atoms with Crippen LogP contribution in [0.15, 0.2) is 158 Å². The third-order valence-electron chi connectivity index (χ3n) is 8.78. The Kier molecular flexibility index (Phi) is 5.23. The summed E-state index contributed by atoms with van der Waals surface area (Å²) in [6.45, 7) is 0. The Morgan fingerprint density at radius 1 is 0.395 bits per heavy atom. The van der Waals surface area contributed by atoms with Gasteiger partial charge < -0.3 is 0 Å². The van der Waals surface area contributed by atoms with Crippen LogP contribution in [0.5, 0.6) is 0 Å². The summed E-state index contributed by atoms with van der Waals surface area (Å²) < 4.78 is 2.27. The first-order valence-electron chi connectivity index (χ1n) is 14.7. The maximum absolute atomic E-state index is 5.03. The summed E-state index contributed by atoms with van der Waals surface area (Å²) in [5.41, 5.74) is 6.73. The van der Waals surface area contributed by atoms with Crippen molar-refractivity contribution in [3.63, 3.8) is 0 Å². The van der Waals surface area contributed by atoms with Crippen LogP contribution in [0.3, 0.4) is 0 Å². The Balaban J connectivity index is 1.29. The lowest BCUT2D eigenvalue weighted by molar-refractivity contribution is 1.10. The van der Waals surface area contributed by atoms with Gasteiger partial charge in [-0.2, -0.15) is 0 Å². The highest BCUT2D eigenvalue weighted by Crippen LogP contribution is 2.42. The zero-order valence-electron chi connectivity index (χ0n) is 23.4. The van der Waals surface area contributed by atoms with E-state index in [0.717, 1.165) is 28.1 Å². The summed E-state index contributed by atoms with van der Waals surface area (Å²) in [6.07, 6.45) is 0. The molecule has 200 valence electrons. The topological polar surface area (TPSA) is 17.8 Å². The van der Waals surface area contributed by atoms with Crippen molar-refractivity contribution in [2.24, 2.45) is 0 Å². The second-order valence-corrected chi connectivity index (χ2v) is 11.2. The Bertz CT molecular complexity index is 2490. The Labute approximate surface area is 249 Å². The Morgan fingerprint density at radius 3 is 1.65 bits per heavy atom. The van der Waals surface area contributed by atoms with Gasteiger partial charge in [-0.05, 0) is 84.5 Å². The van der Waals surface area contributed by atoms with E-state index in [2.05, 4.69) is 156 Å². The number of aromatic nitrogens is 2. The van der Waals surface area contributed by atoms with E-state index in [1.165, 1.54) is 54.2 Å². The lowest BCUT2D eigenvalue weighted by Gasteiger charge is -2.16. The predicted octanol–water partition coefficient (Wildman–Crippen LogP) is 11.0. The largest absolute Gasteiger partial charge is 0.292 e. The van der Waals surface area contributed by atoms with E-state index in [1.54, 1.807) is 0 Å². The molecule has 1 heterocycles. The minimum Gasteiger partial charge on any atom is -0.292 e. The third kappa shape index (κ3) is 3.63. The molecule has 0 unspecified atom stereocenters. The fourth-order valence-corrected chi connectivity index (χ4v) is 6.86. The van der Waals surface area contributed by atoms with Gasteiger partial charge in [0.05, 0.1) is 11.0 Å². The van der Waals surface area contributed by atoms with Gasteiger partial charge in [-0.25, -0.2) is 4.98 Å². The number of rotatable bonds is 3. The van der Waals surface area contributed by atoms with E-state index in [0.29, 0.717) is 0 Å². The van der Waals surface area contributed by atoms with Crippen molar-refractivity contribution in [3.8, 4) is 28.2 Å². The monoisotopic (exact) mass is 546 g/mol. The van der Waals surface area contributed by atoms with Crippen molar-refractivity contribution in [1.29, 1.82) is 0 Å². The van der Waals surface area contributed by atoms with Crippen molar-refractivity contribution < 1.29 is 0 Å². The van der Waals surface area contributed by atoms with E-state index in [9.17, 15) is 0 Å². The van der Waals surface area contributed by atoms with Crippen LogP contribution >= 0.6 is 0 Å². The van der Waals surface area contributed by atoms with Crippen LogP contribution in [0, 0.1) is 0 Å². The van der Waals surface area contributed by atoms with E-state index in [-0.39, 0.29) is 0 Å². The van der Waals surface area contributed by atoms with E-state index < -0.39 is 0 Å². The molecule has 0 fully saturated rings. The smallest absolute Gasteiger partial charge is 0.145 e. The van der Waals surface area contributed by atoms with E-state index >= 15 is 0 Å². The lowest BCUT2D eigenvalue weighted by atomic mass is 9.87. The molecule has 0 saturated heterocycles. The normalized spacial score (nSPS) is 11.7. The molecule has 2 nitrogen and oxygen atoms in total. The summed E-state index contributed by atoms with van der Waals surface area (Å²) in [7, 11) is 0. The molecule has 0 amide bonds. The van der Waals surface area contributed by atoms with Gasteiger partial charge in [-0.15, -0.1) is 0 Å². The molecular weight excluding hydrogens is 520 g/mol. The molecule has 8 aromatic carbocycles. The van der Waals surface area contributed by atoms with E-state index in [1.807, 2.05) is 6.07 Å². The van der Waals surface area contributed by atoms with Crippen molar-refractivity contribution in [2.75, 3.05) is 0 Å². The molecule has 0 aliphatic carbocycles. The van der Waals surface area contributed by atoms with Crippen LogP contribution in [-0.4, -0.2) is 9.55 Å². The van der Waals surface area contributed by atoms with Crippen LogP contribution in [0.25, 0.3) is 82.3 Å². The second kappa shape index (κ2) is 9.40. The molecular formula is C41H26N2. The van der Waals surface area contributed by atoms with E-state index in [4.69, 9.17) is 4.98 Å². The van der Waals surface area contributed by atoms with Crippen LogP contribution in [0.1, 0.15) is 0 Å². The first-order chi connectivity index (χ1) is 21.3. The van der Waals surface area contributed by atoms with Crippen LogP contribution in [0.2, 0.25) is 0 Å². The highest BCUT2D eigenvalue weighted by atomic mass is 15.1. The average molecular weight is 547 g/mol. The quantitative estimate of drug-likeness (QED) is 0.202. The first-order valence-corrected chi connectivity index (χ1v) is 14.7. The van der Waals surface area contributed by atoms with Gasteiger partial charge in [0.1, 0.15) is 5.82 Å². The molecule has 0 aliphatic heterocycles. The number of imidazole rings is 1. The number of benzene rings is 8. The molecule has 0 radical (unpaired) electrons. The third-order valence-corrected chi connectivity index (χ3v) is 8.78. The van der Waals surface area contributed by atoms with Gasteiger partial charge in [-0.3, -0.25) is 4.57 Å². The van der Waals surface area contributed by atoms with Gasteiger partial charge in [-0.1, -0.05) is 127 Å². The summed E-state index contributed by atoms with van der Waals surface area (Å²) in [6, 6.07) is 56.7. The minimum absolute atomic E-state index is 0.948. The lowest BCUT2D eigenvalue weighted by Crippen LogP contribution is -1.97. The molecule has 0 saturated carbocycles. The molecule has 0 aliphatic rings. The fraction of sp³-hybridized carbons (Fsp3) is 0. The summed E-state index contributed by atoms with van der Waals surface area (Å²) in [5.74, 6) is 0.948. The predicted molar refractivity (Wildman–Crippen MR) is 182 cm³/mol.